The van der Waals surface area contributed by atoms with Crippen molar-refractivity contribution in [2.45, 2.75) is 6.42 Å². The standard InChI is InChI=1S/C15H10BrF3O2/c1-21-14-7-12(18)10(16)6-9(14)13(20)5-8-3-2-4-11(17)15(8)19/h2-4,6-7H,5H2,1H3. The first-order chi connectivity index (χ1) is 9.93. The number of hydrogen-bond donors (Lipinski definition) is 0. The Balaban J connectivity index is 2.37. The van der Waals surface area contributed by atoms with E-state index in [0.29, 0.717) is 0 Å². The summed E-state index contributed by atoms with van der Waals surface area (Å²) in [5.41, 5.74) is 0.0249. The summed E-state index contributed by atoms with van der Waals surface area (Å²) < 4.78 is 45.1. The Labute approximate surface area is 127 Å². The van der Waals surface area contributed by atoms with Gasteiger partial charge in [0.05, 0.1) is 17.1 Å². The van der Waals surface area contributed by atoms with E-state index in [1.165, 1.54) is 25.3 Å². The second-order valence-electron chi connectivity index (χ2n) is 4.28. The van der Waals surface area contributed by atoms with Gasteiger partial charge in [-0.1, -0.05) is 12.1 Å². The van der Waals surface area contributed by atoms with E-state index in [9.17, 15) is 18.0 Å². The fraction of sp³-hybridized carbons (Fsp3) is 0.133. The van der Waals surface area contributed by atoms with Crippen molar-refractivity contribution in [2.75, 3.05) is 7.11 Å². The van der Waals surface area contributed by atoms with E-state index < -0.39 is 23.2 Å². The predicted octanol–water partition coefficient (Wildman–Crippen LogP) is 4.30. The maximum atomic E-state index is 13.6. The Kier molecular flexibility index (Phi) is 4.67. The highest BCUT2D eigenvalue weighted by atomic mass is 79.9. The Morgan fingerprint density at radius 2 is 1.90 bits per heavy atom. The van der Waals surface area contributed by atoms with Crippen molar-refractivity contribution in [1.82, 2.24) is 0 Å². The van der Waals surface area contributed by atoms with Crippen LogP contribution in [0.4, 0.5) is 13.2 Å². The molecule has 0 fully saturated rings. The van der Waals surface area contributed by atoms with Crippen molar-refractivity contribution in [3.05, 3.63) is 63.4 Å². The number of rotatable bonds is 4. The van der Waals surface area contributed by atoms with Crippen LogP contribution in [0.25, 0.3) is 0 Å². The van der Waals surface area contributed by atoms with Crippen LogP contribution >= 0.6 is 15.9 Å². The summed E-state index contributed by atoms with van der Waals surface area (Å²) in [6.45, 7) is 0. The van der Waals surface area contributed by atoms with Crippen LogP contribution in [0.1, 0.15) is 15.9 Å². The third-order valence-electron chi connectivity index (χ3n) is 2.93. The summed E-state index contributed by atoms with van der Waals surface area (Å²) in [6.07, 6.45) is -0.349. The van der Waals surface area contributed by atoms with Gasteiger partial charge in [-0.3, -0.25) is 4.79 Å². The lowest BCUT2D eigenvalue weighted by atomic mass is 10.0. The molecule has 110 valence electrons. The van der Waals surface area contributed by atoms with Crippen LogP contribution in [0.15, 0.2) is 34.8 Å². The Bertz CT molecular complexity index is 702. The summed E-state index contributed by atoms with van der Waals surface area (Å²) in [6, 6.07) is 5.92. The van der Waals surface area contributed by atoms with Gasteiger partial charge in [-0.15, -0.1) is 0 Å². The molecular formula is C15H10BrF3O2. The highest BCUT2D eigenvalue weighted by molar-refractivity contribution is 9.10. The quantitative estimate of drug-likeness (QED) is 0.761. The van der Waals surface area contributed by atoms with E-state index in [1.54, 1.807) is 0 Å². The molecule has 0 atom stereocenters. The minimum Gasteiger partial charge on any atom is -0.496 e. The molecule has 6 heteroatoms. The maximum Gasteiger partial charge on any atom is 0.171 e. The summed E-state index contributed by atoms with van der Waals surface area (Å²) in [4.78, 5) is 12.2. The van der Waals surface area contributed by atoms with Crippen LogP contribution in [0.5, 0.6) is 5.75 Å². The average molecular weight is 359 g/mol. The molecule has 0 aliphatic rings. The molecule has 2 nitrogen and oxygen atoms in total. The second-order valence-corrected chi connectivity index (χ2v) is 5.13. The number of carbonyl (C=O) groups is 1. The molecule has 0 amide bonds. The minimum atomic E-state index is -1.06. The predicted molar refractivity (Wildman–Crippen MR) is 75.0 cm³/mol. The molecular weight excluding hydrogens is 349 g/mol. The molecule has 0 bridgehead atoms. The van der Waals surface area contributed by atoms with Crippen LogP contribution in [0, 0.1) is 17.5 Å². The number of methoxy groups -OCH3 is 1. The fourth-order valence-electron chi connectivity index (χ4n) is 1.87. The molecule has 0 saturated heterocycles. The molecule has 0 N–H and O–H groups in total. The molecule has 0 aliphatic heterocycles. The fourth-order valence-corrected chi connectivity index (χ4v) is 2.21. The van der Waals surface area contributed by atoms with Crippen molar-refractivity contribution in [2.24, 2.45) is 0 Å². The number of benzene rings is 2. The van der Waals surface area contributed by atoms with Gasteiger partial charge in [0, 0.05) is 12.5 Å². The zero-order valence-corrected chi connectivity index (χ0v) is 12.5. The van der Waals surface area contributed by atoms with Crippen LogP contribution < -0.4 is 4.74 Å². The van der Waals surface area contributed by atoms with Crippen molar-refractivity contribution in [3.63, 3.8) is 0 Å². The lowest BCUT2D eigenvalue weighted by molar-refractivity contribution is 0.0988. The van der Waals surface area contributed by atoms with Crippen LogP contribution in [-0.4, -0.2) is 12.9 Å². The lowest BCUT2D eigenvalue weighted by Gasteiger charge is -2.09. The summed E-state index contributed by atoms with van der Waals surface area (Å²) in [7, 11) is 1.29. The van der Waals surface area contributed by atoms with Gasteiger partial charge >= 0.3 is 0 Å². The summed E-state index contributed by atoms with van der Waals surface area (Å²) >= 11 is 2.97. The third-order valence-corrected chi connectivity index (χ3v) is 3.53. The van der Waals surface area contributed by atoms with E-state index in [-0.39, 0.29) is 27.8 Å². The third kappa shape index (κ3) is 3.26. The number of ketones is 1. The highest BCUT2D eigenvalue weighted by Crippen LogP contribution is 2.27. The van der Waals surface area contributed by atoms with E-state index >= 15 is 0 Å². The van der Waals surface area contributed by atoms with E-state index in [2.05, 4.69) is 15.9 Å². The molecule has 0 spiro atoms. The molecule has 0 unspecified atom stereocenters. The van der Waals surface area contributed by atoms with Crippen molar-refractivity contribution >= 4 is 21.7 Å². The maximum absolute atomic E-state index is 13.6. The average Bonchev–Trinajstić information content (AvgIpc) is 2.46. The van der Waals surface area contributed by atoms with E-state index in [4.69, 9.17) is 4.74 Å². The first kappa shape index (κ1) is 15.6. The molecule has 0 aromatic heterocycles. The zero-order chi connectivity index (χ0) is 15.6. The van der Waals surface area contributed by atoms with Crippen molar-refractivity contribution in [1.29, 1.82) is 0 Å². The topological polar surface area (TPSA) is 26.3 Å². The van der Waals surface area contributed by atoms with Crippen molar-refractivity contribution < 1.29 is 22.7 Å². The molecule has 21 heavy (non-hydrogen) atoms. The number of halogens is 4. The first-order valence-electron chi connectivity index (χ1n) is 5.93. The van der Waals surface area contributed by atoms with Crippen LogP contribution in [-0.2, 0) is 6.42 Å². The van der Waals surface area contributed by atoms with Gasteiger partial charge in [0.1, 0.15) is 11.6 Å². The number of carbonyl (C=O) groups excluding carboxylic acids is 1. The van der Waals surface area contributed by atoms with Gasteiger partial charge < -0.3 is 4.74 Å². The normalized spacial score (nSPS) is 10.5. The van der Waals surface area contributed by atoms with Gasteiger partial charge in [-0.05, 0) is 33.6 Å². The van der Waals surface area contributed by atoms with Gasteiger partial charge in [0.2, 0.25) is 0 Å². The monoisotopic (exact) mass is 358 g/mol. The zero-order valence-electron chi connectivity index (χ0n) is 10.9. The largest absolute Gasteiger partial charge is 0.496 e. The Morgan fingerprint density at radius 1 is 1.19 bits per heavy atom. The Hall–Kier alpha value is -1.82. The van der Waals surface area contributed by atoms with Gasteiger partial charge in [-0.25, -0.2) is 13.2 Å². The lowest BCUT2D eigenvalue weighted by Crippen LogP contribution is -2.08. The molecule has 2 aromatic carbocycles. The number of hydrogen-bond acceptors (Lipinski definition) is 2. The van der Waals surface area contributed by atoms with Gasteiger partial charge in [0.15, 0.2) is 17.4 Å². The molecule has 0 saturated carbocycles. The van der Waals surface area contributed by atoms with Crippen LogP contribution in [0.2, 0.25) is 0 Å². The minimum absolute atomic E-state index is 0.0394. The van der Waals surface area contributed by atoms with Gasteiger partial charge in [0.25, 0.3) is 0 Å². The Morgan fingerprint density at radius 3 is 2.57 bits per heavy atom. The van der Waals surface area contributed by atoms with Crippen molar-refractivity contribution in [3.8, 4) is 5.75 Å². The summed E-state index contributed by atoms with van der Waals surface area (Å²) in [5.74, 6) is -3.13. The highest BCUT2D eigenvalue weighted by Gasteiger charge is 2.18. The second kappa shape index (κ2) is 6.30. The molecule has 0 radical (unpaired) electrons. The number of Topliss-reactive ketones (excluding diaryl/α,β-unsaturated/α-hetero) is 1. The van der Waals surface area contributed by atoms with E-state index in [0.717, 1.165) is 12.1 Å². The SMILES string of the molecule is COc1cc(F)c(Br)cc1C(=O)Cc1cccc(F)c1F. The molecule has 0 heterocycles. The summed E-state index contributed by atoms with van der Waals surface area (Å²) in [5, 5.41) is 0. The van der Waals surface area contributed by atoms with E-state index in [1.807, 2.05) is 0 Å². The van der Waals surface area contributed by atoms with Crippen LogP contribution in [0.3, 0.4) is 0 Å². The molecule has 2 aromatic rings. The smallest absolute Gasteiger partial charge is 0.171 e. The molecule has 2 rings (SSSR count). The first-order valence-corrected chi connectivity index (χ1v) is 6.72. The molecule has 0 aliphatic carbocycles. The van der Waals surface area contributed by atoms with Gasteiger partial charge in [-0.2, -0.15) is 0 Å². The number of ether oxygens (including phenoxy) is 1.